The number of hydrogen-bond donors (Lipinski definition) is 2. The number of pyridine rings is 1. The van der Waals surface area contributed by atoms with Crippen LogP contribution in [-0.4, -0.2) is 25.2 Å². The van der Waals surface area contributed by atoms with Gasteiger partial charge in [0.25, 0.3) is 0 Å². The fraction of sp³-hybridized carbons (Fsp3) is 0.200. The molecule has 0 saturated carbocycles. The van der Waals surface area contributed by atoms with Crippen LogP contribution in [0.25, 0.3) is 0 Å². The van der Waals surface area contributed by atoms with Gasteiger partial charge in [0, 0.05) is 0 Å². The van der Waals surface area contributed by atoms with Crippen molar-refractivity contribution in [2.45, 2.75) is 6.04 Å². The molecule has 2 rings (SSSR count). The van der Waals surface area contributed by atoms with E-state index < -0.39 is 12.0 Å². The molecule has 2 aromatic rings. The van der Waals surface area contributed by atoms with Crippen LogP contribution in [0, 0.1) is 0 Å². The molecule has 6 nitrogen and oxygen atoms in total. The molecule has 3 N–H and O–H groups in total. The maximum atomic E-state index is 12.0. The molecule has 1 aromatic heterocycles. The average Bonchev–Trinajstić information content (AvgIpc) is 2.54. The van der Waals surface area contributed by atoms with Gasteiger partial charge in [-0.1, -0.05) is 30.3 Å². The molecule has 21 heavy (non-hydrogen) atoms. The zero-order valence-corrected chi connectivity index (χ0v) is 11.9. The standard InChI is InChI=1S/C15H17N3O3/c1-20-14-11(16)8-9-12(18-14)17-13(15(19)21-2)10-6-4-3-5-7-10/h3-9,13H,16H2,1-2H3,(H,17,18). The highest BCUT2D eigenvalue weighted by molar-refractivity contribution is 5.80. The minimum absolute atomic E-state index is 0.302. The van der Waals surface area contributed by atoms with Gasteiger partial charge in [-0.05, 0) is 17.7 Å². The number of hydrogen-bond acceptors (Lipinski definition) is 6. The van der Waals surface area contributed by atoms with Crippen molar-refractivity contribution >= 4 is 17.5 Å². The van der Waals surface area contributed by atoms with E-state index in [9.17, 15) is 4.79 Å². The van der Waals surface area contributed by atoms with Gasteiger partial charge in [0.1, 0.15) is 5.82 Å². The van der Waals surface area contributed by atoms with Crippen LogP contribution in [0.4, 0.5) is 11.5 Å². The molecule has 0 aliphatic carbocycles. The summed E-state index contributed by atoms with van der Waals surface area (Å²) in [6, 6.07) is 11.9. The van der Waals surface area contributed by atoms with Gasteiger partial charge in [0.05, 0.1) is 19.9 Å². The average molecular weight is 287 g/mol. The number of nitrogens with one attached hydrogen (secondary N) is 1. The Morgan fingerprint density at radius 3 is 2.52 bits per heavy atom. The first kappa shape index (κ1) is 14.6. The molecule has 0 amide bonds. The number of benzene rings is 1. The molecule has 1 unspecified atom stereocenters. The van der Waals surface area contributed by atoms with Crippen molar-refractivity contribution in [3.8, 4) is 5.88 Å². The highest BCUT2D eigenvalue weighted by Gasteiger charge is 2.21. The molecule has 0 aliphatic heterocycles. The highest BCUT2D eigenvalue weighted by Crippen LogP contribution is 2.24. The minimum atomic E-state index is -0.656. The molecule has 0 aliphatic rings. The number of carbonyl (C=O) groups excluding carboxylic acids is 1. The maximum absolute atomic E-state index is 12.0. The number of nitrogens with zero attached hydrogens (tertiary/aromatic N) is 1. The second kappa shape index (κ2) is 6.60. The minimum Gasteiger partial charge on any atom is -0.479 e. The van der Waals surface area contributed by atoms with E-state index in [1.165, 1.54) is 14.2 Å². The number of anilines is 2. The molecule has 0 bridgehead atoms. The normalized spacial score (nSPS) is 11.5. The van der Waals surface area contributed by atoms with Crippen LogP contribution in [0.5, 0.6) is 5.88 Å². The Labute approximate surface area is 122 Å². The van der Waals surface area contributed by atoms with Crippen LogP contribution < -0.4 is 15.8 Å². The fourth-order valence-electron chi connectivity index (χ4n) is 1.88. The molecule has 6 heteroatoms. The summed E-state index contributed by atoms with van der Waals surface area (Å²) < 4.78 is 9.90. The van der Waals surface area contributed by atoms with Crippen molar-refractivity contribution in [3.05, 3.63) is 48.0 Å². The Morgan fingerprint density at radius 1 is 1.19 bits per heavy atom. The SMILES string of the molecule is COC(=O)C(Nc1ccc(N)c(OC)n1)c1ccccc1. The van der Waals surface area contributed by atoms with Crippen molar-refractivity contribution < 1.29 is 14.3 Å². The molecular weight excluding hydrogens is 270 g/mol. The number of rotatable bonds is 5. The Balaban J connectivity index is 2.29. The van der Waals surface area contributed by atoms with Gasteiger partial charge in [-0.15, -0.1) is 0 Å². The van der Waals surface area contributed by atoms with Gasteiger partial charge in [0.15, 0.2) is 6.04 Å². The fourth-order valence-corrected chi connectivity index (χ4v) is 1.88. The van der Waals surface area contributed by atoms with E-state index in [1.807, 2.05) is 30.3 Å². The molecule has 110 valence electrons. The smallest absolute Gasteiger partial charge is 0.333 e. The third kappa shape index (κ3) is 3.42. The summed E-state index contributed by atoms with van der Waals surface area (Å²) in [4.78, 5) is 16.2. The second-order valence-electron chi connectivity index (χ2n) is 4.31. The number of ether oxygens (including phenoxy) is 2. The van der Waals surface area contributed by atoms with Crippen LogP contribution in [-0.2, 0) is 9.53 Å². The Kier molecular flexibility index (Phi) is 4.61. The quantitative estimate of drug-likeness (QED) is 0.818. The summed E-state index contributed by atoms with van der Waals surface area (Å²) in [6.07, 6.45) is 0. The zero-order valence-electron chi connectivity index (χ0n) is 11.9. The van der Waals surface area contributed by atoms with Crippen LogP contribution in [0.3, 0.4) is 0 Å². The predicted molar refractivity (Wildman–Crippen MR) is 80.0 cm³/mol. The van der Waals surface area contributed by atoms with Gasteiger partial charge >= 0.3 is 5.97 Å². The third-order valence-corrected chi connectivity index (χ3v) is 2.95. The van der Waals surface area contributed by atoms with E-state index in [0.717, 1.165) is 5.56 Å². The molecule has 0 fully saturated rings. The van der Waals surface area contributed by atoms with Gasteiger partial charge in [0.2, 0.25) is 5.88 Å². The largest absolute Gasteiger partial charge is 0.479 e. The maximum Gasteiger partial charge on any atom is 0.333 e. The number of aromatic nitrogens is 1. The van der Waals surface area contributed by atoms with E-state index in [0.29, 0.717) is 17.4 Å². The van der Waals surface area contributed by atoms with Gasteiger partial charge in [-0.2, -0.15) is 4.98 Å². The summed E-state index contributed by atoms with van der Waals surface area (Å²) in [5.74, 6) is 0.371. The van der Waals surface area contributed by atoms with E-state index in [2.05, 4.69) is 10.3 Å². The summed E-state index contributed by atoms with van der Waals surface area (Å²) >= 11 is 0. The van der Waals surface area contributed by atoms with Crippen molar-refractivity contribution in [3.63, 3.8) is 0 Å². The first-order chi connectivity index (χ1) is 10.2. The van der Waals surface area contributed by atoms with E-state index in [1.54, 1.807) is 12.1 Å². The molecular formula is C15H17N3O3. The number of esters is 1. The Morgan fingerprint density at radius 2 is 1.90 bits per heavy atom. The van der Waals surface area contributed by atoms with Crippen LogP contribution in [0.1, 0.15) is 11.6 Å². The zero-order chi connectivity index (χ0) is 15.2. The van der Waals surface area contributed by atoms with E-state index in [-0.39, 0.29) is 0 Å². The summed E-state index contributed by atoms with van der Waals surface area (Å²) in [7, 11) is 2.83. The molecule has 0 saturated heterocycles. The van der Waals surface area contributed by atoms with E-state index in [4.69, 9.17) is 15.2 Å². The highest BCUT2D eigenvalue weighted by atomic mass is 16.5. The summed E-state index contributed by atoms with van der Waals surface area (Å²) in [5.41, 5.74) is 6.93. The number of carbonyl (C=O) groups is 1. The molecule has 1 heterocycles. The predicted octanol–water partition coefficient (Wildman–Crippen LogP) is 2.00. The van der Waals surface area contributed by atoms with Crippen molar-refractivity contribution in [2.75, 3.05) is 25.3 Å². The first-order valence-electron chi connectivity index (χ1n) is 6.35. The number of nitrogens with two attached hydrogens (primary N) is 1. The lowest BCUT2D eigenvalue weighted by Crippen LogP contribution is -2.22. The summed E-state index contributed by atoms with van der Waals surface area (Å²) in [6.45, 7) is 0. The van der Waals surface area contributed by atoms with Gasteiger partial charge in [-0.3, -0.25) is 0 Å². The van der Waals surface area contributed by atoms with Crippen molar-refractivity contribution in [1.82, 2.24) is 4.98 Å². The van der Waals surface area contributed by atoms with Crippen molar-refractivity contribution in [1.29, 1.82) is 0 Å². The number of methoxy groups -OCH3 is 2. The molecule has 0 radical (unpaired) electrons. The molecule has 1 aromatic carbocycles. The Hall–Kier alpha value is -2.76. The van der Waals surface area contributed by atoms with Crippen molar-refractivity contribution in [2.24, 2.45) is 0 Å². The lowest BCUT2D eigenvalue weighted by atomic mass is 10.1. The lowest BCUT2D eigenvalue weighted by molar-refractivity contribution is -0.141. The van der Waals surface area contributed by atoms with Crippen LogP contribution >= 0.6 is 0 Å². The van der Waals surface area contributed by atoms with Crippen LogP contribution in [0.2, 0.25) is 0 Å². The first-order valence-corrected chi connectivity index (χ1v) is 6.35. The second-order valence-corrected chi connectivity index (χ2v) is 4.31. The van der Waals surface area contributed by atoms with Gasteiger partial charge < -0.3 is 20.5 Å². The third-order valence-electron chi connectivity index (χ3n) is 2.95. The Bertz CT molecular complexity index is 617. The molecule has 1 atom stereocenters. The topological polar surface area (TPSA) is 86.5 Å². The van der Waals surface area contributed by atoms with Gasteiger partial charge in [-0.25, -0.2) is 4.79 Å². The monoisotopic (exact) mass is 287 g/mol. The summed E-state index contributed by atoms with van der Waals surface area (Å²) in [5, 5.41) is 3.03. The number of nitrogen functional groups attached to an aromatic ring is 1. The van der Waals surface area contributed by atoms with E-state index >= 15 is 0 Å². The molecule has 0 spiro atoms. The lowest BCUT2D eigenvalue weighted by Gasteiger charge is -2.18. The van der Waals surface area contributed by atoms with Crippen LogP contribution in [0.15, 0.2) is 42.5 Å².